The summed E-state index contributed by atoms with van der Waals surface area (Å²) in [5.74, 6) is -1.67. The zero-order valence-corrected chi connectivity index (χ0v) is 10.8. The molecule has 3 N–H and O–H groups in total. The first-order valence-corrected chi connectivity index (χ1v) is 6.83. The van der Waals surface area contributed by atoms with Gasteiger partial charge in [0.2, 0.25) is 15.8 Å². The molecule has 0 fully saturated rings. The van der Waals surface area contributed by atoms with Crippen LogP contribution in [-0.2, 0) is 16.6 Å². The van der Waals surface area contributed by atoms with Crippen molar-refractivity contribution in [2.75, 3.05) is 0 Å². The molecule has 0 saturated heterocycles. The number of aromatic carboxylic acids is 1. The number of sulfonamides is 1. The van der Waals surface area contributed by atoms with Gasteiger partial charge in [-0.1, -0.05) is 0 Å². The molecule has 19 heavy (non-hydrogen) atoms. The van der Waals surface area contributed by atoms with Crippen LogP contribution in [0.4, 0.5) is 0 Å². The van der Waals surface area contributed by atoms with Crippen molar-refractivity contribution >= 4 is 16.0 Å². The number of H-pyrrole nitrogens is 1. The van der Waals surface area contributed by atoms with Gasteiger partial charge >= 0.3 is 5.97 Å². The van der Waals surface area contributed by atoms with Crippen molar-refractivity contribution in [2.24, 2.45) is 0 Å². The van der Waals surface area contributed by atoms with Gasteiger partial charge < -0.3 is 14.5 Å². The maximum absolute atomic E-state index is 12.0. The summed E-state index contributed by atoms with van der Waals surface area (Å²) in [5, 5.41) is 8.76. The minimum atomic E-state index is -3.80. The van der Waals surface area contributed by atoms with Crippen LogP contribution < -0.4 is 4.72 Å². The number of nitrogens with one attached hydrogen (secondary N) is 2. The summed E-state index contributed by atoms with van der Waals surface area (Å²) in [6, 6.07) is 2.73. The largest absolute Gasteiger partial charge is 0.475 e. The maximum atomic E-state index is 12.0. The van der Waals surface area contributed by atoms with E-state index in [1.54, 1.807) is 18.5 Å². The number of aromatic nitrogens is 1. The Morgan fingerprint density at radius 2 is 2.26 bits per heavy atom. The van der Waals surface area contributed by atoms with Crippen LogP contribution in [0.2, 0.25) is 0 Å². The van der Waals surface area contributed by atoms with Crippen molar-refractivity contribution in [2.45, 2.75) is 18.4 Å². The van der Waals surface area contributed by atoms with Crippen LogP contribution in [0.25, 0.3) is 0 Å². The average Bonchev–Trinajstić information content (AvgIpc) is 2.95. The van der Waals surface area contributed by atoms with Crippen LogP contribution in [-0.4, -0.2) is 24.5 Å². The Bertz CT molecular complexity index is 685. The van der Waals surface area contributed by atoms with Gasteiger partial charge in [-0.25, -0.2) is 17.9 Å². The maximum Gasteiger partial charge on any atom is 0.371 e. The molecule has 0 aliphatic rings. The molecule has 0 spiro atoms. The lowest BCUT2D eigenvalue weighted by Crippen LogP contribution is -2.23. The van der Waals surface area contributed by atoms with E-state index >= 15 is 0 Å². The van der Waals surface area contributed by atoms with Crippen LogP contribution in [0.3, 0.4) is 0 Å². The molecule has 0 atom stereocenters. The molecule has 0 aliphatic carbocycles. The van der Waals surface area contributed by atoms with Crippen LogP contribution in [0, 0.1) is 6.92 Å². The molecular formula is C11H12N2O5S. The highest BCUT2D eigenvalue weighted by molar-refractivity contribution is 7.89. The summed E-state index contributed by atoms with van der Waals surface area (Å²) in [4.78, 5) is 13.4. The number of rotatable bonds is 5. The van der Waals surface area contributed by atoms with Gasteiger partial charge in [0.15, 0.2) is 0 Å². The number of hydrogen-bond donors (Lipinski definition) is 3. The number of aryl methyl sites for hydroxylation is 1. The standard InChI is InChI=1S/C11H12N2O5S/c1-7-10(4-9(18-7)11(14)15)19(16,17)13-6-8-2-3-12-5-8/h2-5,12-13H,6H2,1H3,(H,14,15). The van der Waals surface area contributed by atoms with Gasteiger partial charge in [0.25, 0.3) is 0 Å². The lowest BCUT2D eigenvalue weighted by molar-refractivity contribution is 0.0661. The molecule has 2 heterocycles. The lowest BCUT2D eigenvalue weighted by Gasteiger charge is -2.03. The first-order chi connectivity index (χ1) is 8.90. The molecule has 0 aliphatic heterocycles. The summed E-state index contributed by atoms with van der Waals surface area (Å²) < 4.78 is 31.3. The Hall–Kier alpha value is -2.06. The molecule has 2 rings (SSSR count). The van der Waals surface area contributed by atoms with Gasteiger partial charge in [0.05, 0.1) is 0 Å². The second-order valence-corrected chi connectivity index (χ2v) is 5.62. The SMILES string of the molecule is Cc1oc(C(=O)O)cc1S(=O)(=O)NCc1cc[nH]c1. The van der Waals surface area contributed by atoms with Crippen LogP contribution in [0.15, 0.2) is 33.8 Å². The van der Waals surface area contributed by atoms with E-state index in [1.807, 2.05) is 0 Å². The number of carbonyl (C=O) groups is 1. The number of carboxylic acids is 1. The van der Waals surface area contributed by atoms with Crippen molar-refractivity contribution in [1.82, 2.24) is 9.71 Å². The van der Waals surface area contributed by atoms with Gasteiger partial charge in [0.1, 0.15) is 10.7 Å². The molecule has 0 bridgehead atoms. The first-order valence-electron chi connectivity index (χ1n) is 5.35. The van der Waals surface area contributed by atoms with Crippen molar-refractivity contribution in [1.29, 1.82) is 0 Å². The van der Waals surface area contributed by atoms with E-state index in [2.05, 4.69) is 9.71 Å². The van der Waals surface area contributed by atoms with Gasteiger partial charge in [-0.3, -0.25) is 0 Å². The summed E-state index contributed by atoms with van der Waals surface area (Å²) in [6.07, 6.45) is 3.34. The van der Waals surface area contributed by atoms with Crippen molar-refractivity contribution in [3.8, 4) is 0 Å². The zero-order chi connectivity index (χ0) is 14.0. The molecule has 8 heteroatoms. The molecular weight excluding hydrogens is 272 g/mol. The number of aromatic amines is 1. The van der Waals surface area contributed by atoms with E-state index in [9.17, 15) is 13.2 Å². The van der Waals surface area contributed by atoms with Crippen molar-refractivity contribution < 1.29 is 22.7 Å². The number of hydrogen-bond acceptors (Lipinski definition) is 4. The van der Waals surface area contributed by atoms with E-state index in [1.165, 1.54) is 6.92 Å². The van der Waals surface area contributed by atoms with Crippen LogP contribution in [0.1, 0.15) is 21.9 Å². The minimum absolute atomic E-state index is 0.0407. The highest BCUT2D eigenvalue weighted by Crippen LogP contribution is 2.20. The second-order valence-electron chi connectivity index (χ2n) is 3.88. The highest BCUT2D eigenvalue weighted by Gasteiger charge is 2.23. The topological polar surface area (TPSA) is 112 Å². The molecule has 0 saturated carbocycles. The summed E-state index contributed by atoms with van der Waals surface area (Å²) in [7, 11) is -3.80. The minimum Gasteiger partial charge on any atom is -0.475 e. The Morgan fingerprint density at radius 1 is 1.53 bits per heavy atom. The predicted octanol–water partition coefficient (Wildman–Crippen LogP) is 1.09. The van der Waals surface area contributed by atoms with Crippen LogP contribution >= 0.6 is 0 Å². The quantitative estimate of drug-likeness (QED) is 0.760. The smallest absolute Gasteiger partial charge is 0.371 e. The summed E-state index contributed by atoms with van der Waals surface area (Å²) in [6.45, 7) is 1.51. The Morgan fingerprint density at radius 3 is 2.79 bits per heavy atom. The fraction of sp³-hybridized carbons (Fsp3) is 0.182. The fourth-order valence-electron chi connectivity index (χ4n) is 1.56. The van der Waals surface area contributed by atoms with E-state index < -0.39 is 21.8 Å². The van der Waals surface area contributed by atoms with Crippen molar-refractivity contribution in [3.63, 3.8) is 0 Å². The highest BCUT2D eigenvalue weighted by atomic mass is 32.2. The van der Waals surface area contributed by atoms with Gasteiger partial charge in [-0.15, -0.1) is 0 Å². The molecule has 2 aromatic rings. The molecule has 102 valence electrons. The Labute approximate surface area is 109 Å². The van der Waals surface area contributed by atoms with E-state index in [4.69, 9.17) is 9.52 Å². The Kier molecular flexibility index (Phi) is 3.45. The molecule has 0 amide bonds. The molecule has 0 aromatic carbocycles. The normalized spacial score (nSPS) is 11.6. The number of carboxylic acid groups (broad SMARTS) is 1. The summed E-state index contributed by atoms with van der Waals surface area (Å²) >= 11 is 0. The molecule has 2 aromatic heterocycles. The monoisotopic (exact) mass is 284 g/mol. The molecule has 7 nitrogen and oxygen atoms in total. The van der Waals surface area contributed by atoms with Crippen LogP contribution in [0.5, 0.6) is 0 Å². The Balaban J connectivity index is 2.22. The van der Waals surface area contributed by atoms with E-state index in [0.29, 0.717) is 0 Å². The number of furan rings is 1. The fourth-order valence-corrected chi connectivity index (χ4v) is 2.76. The van der Waals surface area contributed by atoms with E-state index in [-0.39, 0.29) is 17.2 Å². The zero-order valence-electron chi connectivity index (χ0n) is 10.0. The molecule has 0 radical (unpaired) electrons. The summed E-state index contributed by atoms with van der Waals surface area (Å²) in [5.41, 5.74) is 0.767. The van der Waals surface area contributed by atoms with Crippen molar-refractivity contribution in [3.05, 3.63) is 41.6 Å². The molecule has 0 unspecified atom stereocenters. The predicted molar refractivity (Wildman–Crippen MR) is 65.2 cm³/mol. The lowest BCUT2D eigenvalue weighted by atomic mass is 10.4. The van der Waals surface area contributed by atoms with E-state index in [0.717, 1.165) is 11.6 Å². The third kappa shape index (κ3) is 2.85. The first kappa shape index (κ1) is 13.4. The second kappa shape index (κ2) is 4.90. The van der Waals surface area contributed by atoms with Gasteiger partial charge in [-0.05, 0) is 18.6 Å². The average molecular weight is 284 g/mol. The third-order valence-corrected chi connectivity index (χ3v) is 4.01. The van der Waals surface area contributed by atoms with Gasteiger partial charge in [0, 0.05) is 25.0 Å². The third-order valence-electron chi connectivity index (χ3n) is 2.50. The van der Waals surface area contributed by atoms with Gasteiger partial charge in [-0.2, -0.15) is 0 Å².